The lowest BCUT2D eigenvalue weighted by atomic mass is 9.88. The van der Waals surface area contributed by atoms with E-state index in [9.17, 15) is 0 Å². The fourth-order valence-electron chi connectivity index (χ4n) is 2.55. The lowest BCUT2D eigenvalue weighted by molar-refractivity contribution is 0.531. The highest BCUT2D eigenvalue weighted by Crippen LogP contribution is 2.24. The minimum atomic E-state index is 0.571. The van der Waals surface area contributed by atoms with Crippen molar-refractivity contribution in [3.8, 4) is 0 Å². The Morgan fingerprint density at radius 2 is 2.12 bits per heavy atom. The van der Waals surface area contributed by atoms with E-state index < -0.39 is 0 Å². The molecule has 1 aromatic rings. The molecule has 1 aliphatic carbocycles. The molecular formula is C14H18N2S. The minimum Gasteiger partial charge on any atom is -0.362 e. The van der Waals surface area contributed by atoms with Gasteiger partial charge in [0.1, 0.15) is 0 Å². The molecule has 1 heterocycles. The quantitative estimate of drug-likeness (QED) is 0.824. The summed E-state index contributed by atoms with van der Waals surface area (Å²) < 4.78 is 0. The average molecular weight is 246 g/mol. The van der Waals surface area contributed by atoms with Crippen LogP contribution in [0.4, 0.5) is 0 Å². The van der Waals surface area contributed by atoms with E-state index >= 15 is 0 Å². The van der Waals surface area contributed by atoms with Gasteiger partial charge in [0.25, 0.3) is 0 Å². The number of benzene rings is 1. The van der Waals surface area contributed by atoms with E-state index in [1.165, 1.54) is 24.0 Å². The van der Waals surface area contributed by atoms with Crippen molar-refractivity contribution in [1.29, 1.82) is 0 Å². The first-order chi connectivity index (χ1) is 8.31. The second-order valence-electron chi connectivity index (χ2n) is 4.93. The highest BCUT2D eigenvalue weighted by atomic mass is 32.2. The zero-order valence-corrected chi connectivity index (χ0v) is 11.0. The fraction of sp³-hybridized carbons (Fsp3) is 0.500. The van der Waals surface area contributed by atoms with E-state index in [1.54, 1.807) is 0 Å². The number of thioether (sulfide) groups is 1. The van der Waals surface area contributed by atoms with Gasteiger partial charge >= 0.3 is 0 Å². The van der Waals surface area contributed by atoms with Gasteiger partial charge < -0.3 is 5.32 Å². The molecule has 1 N–H and O–H groups in total. The molecule has 1 aromatic carbocycles. The first-order valence-electron chi connectivity index (χ1n) is 6.35. The van der Waals surface area contributed by atoms with Gasteiger partial charge in [-0.1, -0.05) is 43.0 Å². The van der Waals surface area contributed by atoms with Gasteiger partial charge in [0.2, 0.25) is 0 Å². The molecule has 3 rings (SSSR count). The summed E-state index contributed by atoms with van der Waals surface area (Å²) in [5.41, 5.74) is 3.04. The van der Waals surface area contributed by atoms with Gasteiger partial charge in [-0.15, -0.1) is 0 Å². The third kappa shape index (κ3) is 2.49. The van der Waals surface area contributed by atoms with Crippen molar-refractivity contribution >= 4 is 16.9 Å². The second kappa shape index (κ2) is 4.73. The van der Waals surface area contributed by atoms with Crippen LogP contribution in [0.5, 0.6) is 0 Å². The molecule has 0 saturated heterocycles. The molecule has 0 radical (unpaired) electrons. The third-order valence-electron chi connectivity index (χ3n) is 3.48. The number of aliphatic imine (C=N–C) groups is 1. The fourth-order valence-corrected chi connectivity index (χ4v) is 3.47. The van der Waals surface area contributed by atoms with Crippen molar-refractivity contribution in [2.75, 3.05) is 6.54 Å². The second-order valence-corrected chi connectivity index (χ2v) is 6.35. The first kappa shape index (κ1) is 11.1. The van der Waals surface area contributed by atoms with Crippen molar-refractivity contribution in [2.24, 2.45) is 4.99 Å². The topological polar surface area (TPSA) is 24.4 Å². The van der Waals surface area contributed by atoms with Crippen molar-refractivity contribution in [3.05, 3.63) is 35.4 Å². The lowest BCUT2D eigenvalue weighted by Crippen LogP contribution is -2.37. The van der Waals surface area contributed by atoms with Crippen molar-refractivity contribution < 1.29 is 0 Å². The Labute approximate surface area is 107 Å². The normalized spacial score (nSPS) is 27.5. The number of hydrogen-bond acceptors (Lipinski definition) is 3. The lowest BCUT2D eigenvalue weighted by Gasteiger charge is -2.26. The number of hydrogen-bond donors (Lipinski definition) is 1. The summed E-state index contributed by atoms with van der Waals surface area (Å²) in [5.74, 6) is 0. The van der Waals surface area contributed by atoms with Gasteiger partial charge in [-0.3, -0.25) is 4.99 Å². The van der Waals surface area contributed by atoms with Crippen LogP contribution >= 0.6 is 11.8 Å². The summed E-state index contributed by atoms with van der Waals surface area (Å²) in [5, 5.41) is 5.40. The number of aryl methyl sites for hydroxylation is 1. The van der Waals surface area contributed by atoms with E-state index in [4.69, 9.17) is 0 Å². The number of nitrogens with one attached hydrogen (secondary N) is 1. The molecule has 0 fully saturated rings. The van der Waals surface area contributed by atoms with Gasteiger partial charge in [-0.2, -0.15) is 0 Å². The molecule has 2 unspecified atom stereocenters. The van der Waals surface area contributed by atoms with E-state index in [2.05, 4.69) is 41.5 Å². The largest absolute Gasteiger partial charge is 0.362 e. The van der Waals surface area contributed by atoms with Crippen LogP contribution in [-0.2, 0) is 12.8 Å². The Morgan fingerprint density at radius 1 is 1.29 bits per heavy atom. The Hall–Kier alpha value is -0.960. The van der Waals surface area contributed by atoms with Crippen molar-refractivity contribution in [3.63, 3.8) is 0 Å². The van der Waals surface area contributed by atoms with Crippen LogP contribution in [0.2, 0.25) is 0 Å². The molecule has 2 aliphatic rings. The molecule has 90 valence electrons. The molecule has 0 amide bonds. The highest BCUT2D eigenvalue weighted by Gasteiger charge is 2.22. The standard InChI is InChI=1S/C14H18N2S/c1-10-9-15-14(17-10)16-13-7-6-11-4-2-3-5-12(11)8-13/h2-5,10,13H,6-9H2,1H3,(H,15,16). The van der Waals surface area contributed by atoms with Crippen LogP contribution in [0.3, 0.4) is 0 Å². The van der Waals surface area contributed by atoms with E-state index in [1.807, 2.05) is 11.8 Å². The summed E-state index contributed by atoms with van der Waals surface area (Å²) in [6.07, 6.45) is 3.57. The number of fused-ring (bicyclic) bond motifs is 1. The van der Waals surface area contributed by atoms with Gasteiger partial charge in [0, 0.05) is 11.3 Å². The molecule has 17 heavy (non-hydrogen) atoms. The maximum Gasteiger partial charge on any atom is 0.157 e. The molecule has 0 aromatic heterocycles. The maximum atomic E-state index is 4.54. The van der Waals surface area contributed by atoms with Gasteiger partial charge in [0.05, 0.1) is 6.54 Å². The minimum absolute atomic E-state index is 0.571. The molecule has 1 aliphatic heterocycles. The molecule has 3 heteroatoms. The van der Waals surface area contributed by atoms with Crippen LogP contribution in [0, 0.1) is 0 Å². The first-order valence-corrected chi connectivity index (χ1v) is 7.23. The van der Waals surface area contributed by atoms with Crippen LogP contribution in [0.25, 0.3) is 0 Å². The number of rotatable bonds is 1. The Morgan fingerprint density at radius 3 is 2.88 bits per heavy atom. The van der Waals surface area contributed by atoms with Crippen LogP contribution in [-0.4, -0.2) is 23.0 Å². The summed E-state index contributed by atoms with van der Waals surface area (Å²) in [7, 11) is 0. The zero-order valence-electron chi connectivity index (χ0n) is 10.1. The number of nitrogens with zero attached hydrogens (tertiary/aromatic N) is 1. The Bertz CT molecular complexity index is 442. The SMILES string of the molecule is CC1CN=C(NC2CCc3ccccc3C2)S1. The average Bonchev–Trinajstić information content (AvgIpc) is 2.75. The molecule has 0 saturated carbocycles. The molecule has 2 atom stereocenters. The third-order valence-corrected chi connectivity index (χ3v) is 4.50. The molecule has 2 nitrogen and oxygen atoms in total. The van der Waals surface area contributed by atoms with Gasteiger partial charge in [-0.05, 0) is 30.4 Å². The summed E-state index contributed by atoms with van der Waals surface area (Å²) >= 11 is 1.88. The Balaban J connectivity index is 1.65. The van der Waals surface area contributed by atoms with Crippen molar-refractivity contribution in [1.82, 2.24) is 5.32 Å². The van der Waals surface area contributed by atoms with Crippen LogP contribution in [0.15, 0.2) is 29.3 Å². The van der Waals surface area contributed by atoms with Gasteiger partial charge in [0.15, 0.2) is 5.17 Å². The molecular weight excluding hydrogens is 228 g/mol. The highest BCUT2D eigenvalue weighted by molar-refractivity contribution is 8.14. The Kier molecular flexibility index (Phi) is 3.10. The maximum absolute atomic E-state index is 4.54. The smallest absolute Gasteiger partial charge is 0.157 e. The van der Waals surface area contributed by atoms with Gasteiger partial charge in [-0.25, -0.2) is 0 Å². The van der Waals surface area contributed by atoms with E-state index in [-0.39, 0.29) is 0 Å². The van der Waals surface area contributed by atoms with Crippen LogP contribution in [0.1, 0.15) is 24.5 Å². The van der Waals surface area contributed by atoms with Crippen LogP contribution < -0.4 is 5.32 Å². The predicted octanol–water partition coefficient (Wildman–Crippen LogP) is 2.62. The summed E-state index contributed by atoms with van der Waals surface area (Å²) in [6, 6.07) is 9.38. The van der Waals surface area contributed by atoms with E-state index in [0.717, 1.165) is 18.1 Å². The molecule has 0 spiro atoms. The predicted molar refractivity (Wildman–Crippen MR) is 74.7 cm³/mol. The van der Waals surface area contributed by atoms with Crippen molar-refractivity contribution in [2.45, 2.75) is 37.5 Å². The molecule has 0 bridgehead atoms. The summed E-state index contributed by atoms with van der Waals surface area (Å²) in [4.78, 5) is 4.54. The zero-order chi connectivity index (χ0) is 11.7. The summed E-state index contributed by atoms with van der Waals surface area (Å²) in [6.45, 7) is 3.20. The monoisotopic (exact) mass is 246 g/mol. The van der Waals surface area contributed by atoms with E-state index in [0.29, 0.717) is 11.3 Å². The number of amidine groups is 1.